The van der Waals surface area contributed by atoms with E-state index in [-0.39, 0.29) is 5.97 Å². The molecule has 0 unspecified atom stereocenters. The average Bonchev–Trinajstić information content (AvgIpc) is 2.17. The van der Waals surface area contributed by atoms with Gasteiger partial charge in [-0.25, -0.2) is 4.79 Å². The van der Waals surface area contributed by atoms with Gasteiger partial charge >= 0.3 is 5.97 Å². The highest BCUT2D eigenvalue weighted by Gasteiger charge is 1.91. The molecule has 0 aliphatic carbocycles. The fourth-order valence-corrected chi connectivity index (χ4v) is 0.883. The second-order valence-electron chi connectivity index (χ2n) is 2.72. The first-order chi connectivity index (χ1) is 6.81. The normalized spacial score (nSPS) is 11.3. The molecule has 80 valence electrons. The zero-order chi connectivity index (χ0) is 10.6. The summed E-state index contributed by atoms with van der Waals surface area (Å²) in [5.41, 5.74) is 0. The zero-order valence-corrected chi connectivity index (χ0v) is 8.95. The number of nitrogens with one attached hydrogen (secondary N) is 1. The van der Waals surface area contributed by atoms with Gasteiger partial charge in [0, 0.05) is 12.6 Å². The highest BCUT2D eigenvalue weighted by Crippen LogP contribution is 1.82. The van der Waals surface area contributed by atoms with E-state index in [1.54, 1.807) is 13.0 Å². The smallest absolute Gasteiger partial charge is 0.330 e. The Kier molecular flexibility index (Phi) is 9.22. The van der Waals surface area contributed by atoms with E-state index in [4.69, 9.17) is 4.74 Å². The van der Waals surface area contributed by atoms with Crippen LogP contribution in [0.25, 0.3) is 0 Å². The molecular weight excluding hydrogens is 178 g/mol. The summed E-state index contributed by atoms with van der Waals surface area (Å²) in [6.07, 6.45) is 8.36. The number of carbonyl (C=O) groups is 1. The van der Waals surface area contributed by atoms with Gasteiger partial charge in [-0.15, -0.1) is 0 Å². The lowest BCUT2D eigenvalue weighted by Crippen LogP contribution is -2.14. The predicted octanol–water partition coefficient (Wildman–Crippen LogP) is 1.66. The number of rotatable bonds is 7. The van der Waals surface area contributed by atoms with Gasteiger partial charge in [-0.1, -0.05) is 18.2 Å². The van der Waals surface area contributed by atoms with Gasteiger partial charge < -0.3 is 10.1 Å². The summed E-state index contributed by atoms with van der Waals surface area (Å²) in [6, 6.07) is 0. The van der Waals surface area contributed by atoms with Crippen molar-refractivity contribution in [2.75, 3.05) is 19.7 Å². The highest BCUT2D eigenvalue weighted by molar-refractivity contribution is 5.81. The Morgan fingerprint density at radius 2 is 2.21 bits per heavy atom. The maximum absolute atomic E-state index is 10.8. The zero-order valence-electron chi connectivity index (χ0n) is 8.95. The molecule has 0 spiro atoms. The molecule has 0 bridgehead atoms. The Morgan fingerprint density at radius 1 is 1.43 bits per heavy atom. The predicted molar refractivity (Wildman–Crippen MR) is 58.1 cm³/mol. The van der Waals surface area contributed by atoms with Crippen LogP contribution < -0.4 is 5.32 Å². The molecule has 3 heteroatoms. The highest BCUT2D eigenvalue weighted by atomic mass is 16.5. The minimum atomic E-state index is -0.275. The van der Waals surface area contributed by atoms with E-state index in [1.165, 1.54) is 6.08 Å². The second-order valence-corrected chi connectivity index (χ2v) is 2.72. The van der Waals surface area contributed by atoms with Crippen LogP contribution in [-0.2, 0) is 9.53 Å². The molecule has 0 aromatic heterocycles. The summed E-state index contributed by atoms with van der Waals surface area (Å²) in [7, 11) is 0. The van der Waals surface area contributed by atoms with Crippen molar-refractivity contribution >= 4 is 5.97 Å². The fraction of sp³-hybridized carbons (Fsp3) is 0.545. The molecule has 0 aromatic carbocycles. The maximum Gasteiger partial charge on any atom is 0.330 e. The first-order valence-corrected chi connectivity index (χ1v) is 4.96. The Bertz CT molecular complexity index is 197. The van der Waals surface area contributed by atoms with Crippen molar-refractivity contribution in [3.05, 3.63) is 24.3 Å². The van der Waals surface area contributed by atoms with E-state index < -0.39 is 0 Å². The number of allylic oxidation sites excluding steroid dienone is 1. The number of hydrogen-bond acceptors (Lipinski definition) is 3. The molecule has 0 heterocycles. The summed E-state index contributed by atoms with van der Waals surface area (Å²) in [5, 5.41) is 3.17. The second kappa shape index (κ2) is 9.99. The molecular formula is C11H19NO2. The molecule has 0 aliphatic heterocycles. The molecule has 0 radical (unpaired) electrons. The first kappa shape index (κ1) is 12.9. The van der Waals surface area contributed by atoms with E-state index in [0.717, 1.165) is 13.0 Å². The molecule has 0 fully saturated rings. The first-order valence-electron chi connectivity index (χ1n) is 4.96. The maximum atomic E-state index is 10.8. The minimum Gasteiger partial charge on any atom is -0.463 e. The van der Waals surface area contributed by atoms with Gasteiger partial charge in [-0.2, -0.15) is 0 Å². The molecule has 0 aromatic rings. The molecule has 3 nitrogen and oxygen atoms in total. The van der Waals surface area contributed by atoms with Gasteiger partial charge in [0.25, 0.3) is 0 Å². The van der Waals surface area contributed by atoms with Gasteiger partial charge in [0.15, 0.2) is 0 Å². The van der Waals surface area contributed by atoms with Crippen LogP contribution in [0.3, 0.4) is 0 Å². The number of hydrogen-bond donors (Lipinski definition) is 1. The average molecular weight is 197 g/mol. The summed E-state index contributed by atoms with van der Waals surface area (Å²) in [5.74, 6) is -0.275. The standard InChI is InChI=1S/C11H19NO2/c1-3-5-6-9-12-10-7-8-11(13)14-4-2/h3,5,7-8,12H,4,6,9-10H2,1-2H3/b5-3+,8-7+. The topological polar surface area (TPSA) is 38.3 Å². The number of ether oxygens (including phenoxy) is 1. The third-order valence-corrected chi connectivity index (χ3v) is 1.53. The van der Waals surface area contributed by atoms with Crippen LogP contribution in [0, 0.1) is 0 Å². The molecule has 1 N–H and O–H groups in total. The summed E-state index contributed by atoms with van der Waals surface area (Å²) in [4.78, 5) is 10.8. The molecule has 14 heavy (non-hydrogen) atoms. The quantitative estimate of drug-likeness (QED) is 0.292. The molecule has 0 atom stereocenters. The molecule has 0 saturated heterocycles. The Morgan fingerprint density at radius 3 is 2.86 bits per heavy atom. The van der Waals surface area contributed by atoms with Gasteiger partial charge in [0.1, 0.15) is 0 Å². The van der Waals surface area contributed by atoms with Crippen LogP contribution >= 0.6 is 0 Å². The van der Waals surface area contributed by atoms with Gasteiger partial charge in [-0.05, 0) is 26.8 Å². The number of esters is 1. The third kappa shape index (κ3) is 9.00. The van der Waals surface area contributed by atoms with Crippen LogP contribution in [0.5, 0.6) is 0 Å². The van der Waals surface area contributed by atoms with Crippen LogP contribution in [0.1, 0.15) is 20.3 Å². The van der Waals surface area contributed by atoms with Crippen molar-refractivity contribution in [2.24, 2.45) is 0 Å². The Labute approximate surface area is 85.8 Å². The van der Waals surface area contributed by atoms with E-state index in [9.17, 15) is 4.79 Å². The van der Waals surface area contributed by atoms with Crippen LogP contribution in [-0.4, -0.2) is 25.7 Å². The molecule has 0 amide bonds. The van der Waals surface area contributed by atoms with Gasteiger partial charge in [-0.3, -0.25) is 0 Å². The lowest BCUT2D eigenvalue weighted by Gasteiger charge is -1.97. The lowest BCUT2D eigenvalue weighted by molar-refractivity contribution is -0.137. The third-order valence-electron chi connectivity index (χ3n) is 1.53. The minimum absolute atomic E-state index is 0.275. The van der Waals surface area contributed by atoms with Gasteiger partial charge in [0.05, 0.1) is 6.61 Å². The van der Waals surface area contributed by atoms with Crippen molar-refractivity contribution in [1.82, 2.24) is 5.32 Å². The summed E-state index contributed by atoms with van der Waals surface area (Å²) < 4.78 is 4.72. The molecule has 0 rings (SSSR count). The van der Waals surface area contributed by atoms with Crippen LogP contribution in [0.2, 0.25) is 0 Å². The van der Waals surface area contributed by atoms with Crippen molar-refractivity contribution in [2.45, 2.75) is 20.3 Å². The Balaban J connectivity index is 3.30. The van der Waals surface area contributed by atoms with Crippen molar-refractivity contribution in [1.29, 1.82) is 0 Å². The largest absolute Gasteiger partial charge is 0.463 e. The van der Waals surface area contributed by atoms with Crippen molar-refractivity contribution in [3.63, 3.8) is 0 Å². The van der Waals surface area contributed by atoms with Crippen molar-refractivity contribution < 1.29 is 9.53 Å². The molecule has 0 saturated carbocycles. The SMILES string of the molecule is C/C=C/CCNC/C=C/C(=O)OCC. The monoisotopic (exact) mass is 197 g/mol. The van der Waals surface area contributed by atoms with E-state index >= 15 is 0 Å². The number of carbonyl (C=O) groups excluding carboxylic acids is 1. The summed E-state index contributed by atoms with van der Waals surface area (Å²) >= 11 is 0. The van der Waals surface area contributed by atoms with E-state index in [2.05, 4.69) is 11.4 Å². The van der Waals surface area contributed by atoms with E-state index in [1.807, 2.05) is 13.0 Å². The fourth-order valence-electron chi connectivity index (χ4n) is 0.883. The summed E-state index contributed by atoms with van der Waals surface area (Å²) in [6.45, 7) is 5.85. The van der Waals surface area contributed by atoms with Crippen LogP contribution in [0.15, 0.2) is 24.3 Å². The van der Waals surface area contributed by atoms with Gasteiger partial charge in [0.2, 0.25) is 0 Å². The van der Waals surface area contributed by atoms with E-state index in [0.29, 0.717) is 13.2 Å². The van der Waals surface area contributed by atoms with Crippen LogP contribution in [0.4, 0.5) is 0 Å². The van der Waals surface area contributed by atoms with Crippen molar-refractivity contribution in [3.8, 4) is 0 Å². The Hall–Kier alpha value is -1.09. The molecule has 0 aliphatic rings. The lowest BCUT2D eigenvalue weighted by atomic mass is 10.4.